The number of ether oxygens (including phenoxy) is 1. The first-order chi connectivity index (χ1) is 7.25. The number of hydrogen-bond donors (Lipinski definition) is 1. The number of morpholine rings is 1. The smallest absolute Gasteiger partial charge is 0.111 e. The number of aryl methyl sites for hydroxylation is 1. The summed E-state index contributed by atoms with van der Waals surface area (Å²) in [4.78, 5) is 4.47. The van der Waals surface area contributed by atoms with Crippen LogP contribution in [0, 0.1) is 6.92 Å². The van der Waals surface area contributed by atoms with Crippen LogP contribution >= 0.6 is 11.3 Å². The van der Waals surface area contributed by atoms with E-state index in [9.17, 15) is 0 Å². The lowest BCUT2D eigenvalue weighted by molar-refractivity contribution is 0.00482. The van der Waals surface area contributed by atoms with Gasteiger partial charge in [-0.3, -0.25) is 0 Å². The third-order valence-corrected chi connectivity index (χ3v) is 3.54. The van der Waals surface area contributed by atoms with Gasteiger partial charge in [0.1, 0.15) is 5.01 Å². The van der Waals surface area contributed by atoms with Gasteiger partial charge in [-0.1, -0.05) is 0 Å². The topological polar surface area (TPSA) is 37.4 Å². The predicted molar refractivity (Wildman–Crippen MR) is 60.8 cm³/mol. The van der Waals surface area contributed by atoms with Crippen molar-refractivity contribution in [2.24, 2.45) is 0 Å². The number of nitrogens with zero attached hydrogens (tertiary/aromatic N) is 2. The Morgan fingerprint density at radius 3 is 2.87 bits per heavy atom. The van der Waals surface area contributed by atoms with Crippen LogP contribution in [-0.2, 0) is 4.74 Å². The molecule has 2 heterocycles. The molecule has 0 amide bonds. The normalized spacial score (nSPS) is 20.4. The van der Waals surface area contributed by atoms with E-state index in [2.05, 4.69) is 27.7 Å². The summed E-state index contributed by atoms with van der Waals surface area (Å²) in [5.41, 5.74) is 4.55. The van der Waals surface area contributed by atoms with Crippen LogP contribution in [0.3, 0.4) is 0 Å². The molecule has 0 spiro atoms. The molecule has 84 valence electrons. The highest BCUT2D eigenvalue weighted by molar-refractivity contribution is 7.09. The van der Waals surface area contributed by atoms with Crippen molar-refractivity contribution in [1.82, 2.24) is 15.4 Å². The summed E-state index contributed by atoms with van der Waals surface area (Å²) < 4.78 is 5.30. The molecular weight excluding hydrogens is 210 g/mol. The van der Waals surface area contributed by atoms with Crippen LogP contribution in [0.25, 0.3) is 0 Å². The minimum Gasteiger partial charge on any atom is -0.379 e. The number of hydrogen-bond acceptors (Lipinski definition) is 5. The average molecular weight is 227 g/mol. The standard InChI is InChI=1S/C10H17N3OS/c1-8-7-15-10(11-8)9(2)12-13-3-5-14-6-4-13/h7,9,12H,3-6H2,1-2H3. The number of thiazole rings is 1. The summed E-state index contributed by atoms with van der Waals surface area (Å²) in [6.45, 7) is 7.71. The summed E-state index contributed by atoms with van der Waals surface area (Å²) in [5, 5.41) is 5.46. The van der Waals surface area contributed by atoms with E-state index < -0.39 is 0 Å². The lowest BCUT2D eigenvalue weighted by atomic mass is 10.4. The molecule has 5 heteroatoms. The fraction of sp³-hybridized carbons (Fsp3) is 0.700. The number of aromatic nitrogens is 1. The zero-order chi connectivity index (χ0) is 10.7. The Balaban J connectivity index is 1.88. The molecule has 0 radical (unpaired) electrons. The molecule has 1 aliphatic heterocycles. The molecule has 1 N–H and O–H groups in total. The van der Waals surface area contributed by atoms with Crippen molar-refractivity contribution in [1.29, 1.82) is 0 Å². The minimum atomic E-state index is 0.293. The fourth-order valence-electron chi connectivity index (χ4n) is 1.59. The van der Waals surface area contributed by atoms with E-state index in [-0.39, 0.29) is 0 Å². The Labute approximate surface area is 94.2 Å². The van der Waals surface area contributed by atoms with Crippen molar-refractivity contribution < 1.29 is 4.74 Å². The van der Waals surface area contributed by atoms with Gasteiger partial charge in [-0.25, -0.2) is 15.4 Å². The first-order valence-electron chi connectivity index (χ1n) is 5.26. The molecular formula is C10H17N3OS. The lowest BCUT2D eigenvalue weighted by Crippen LogP contribution is -2.46. The van der Waals surface area contributed by atoms with E-state index in [1.807, 2.05) is 6.92 Å². The summed E-state index contributed by atoms with van der Waals surface area (Å²) in [5.74, 6) is 0. The maximum atomic E-state index is 5.30. The van der Waals surface area contributed by atoms with Gasteiger partial charge in [0, 0.05) is 24.2 Å². The van der Waals surface area contributed by atoms with Crippen LogP contribution in [-0.4, -0.2) is 36.3 Å². The predicted octanol–water partition coefficient (Wildman–Crippen LogP) is 1.35. The molecule has 1 aromatic heterocycles. The van der Waals surface area contributed by atoms with Gasteiger partial charge >= 0.3 is 0 Å². The quantitative estimate of drug-likeness (QED) is 0.846. The maximum absolute atomic E-state index is 5.30. The van der Waals surface area contributed by atoms with Crippen LogP contribution < -0.4 is 5.43 Å². The van der Waals surface area contributed by atoms with Crippen molar-refractivity contribution in [2.45, 2.75) is 19.9 Å². The van der Waals surface area contributed by atoms with Gasteiger partial charge in [-0.05, 0) is 13.8 Å². The Morgan fingerprint density at radius 1 is 1.53 bits per heavy atom. The van der Waals surface area contributed by atoms with Gasteiger partial charge in [-0.2, -0.15) is 0 Å². The summed E-state index contributed by atoms with van der Waals surface area (Å²) in [6, 6.07) is 0.293. The van der Waals surface area contributed by atoms with Crippen LogP contribution in [0.4, 0.5) is 0 Å². The highest BCUT2D eigenvalue weighted by Gasteiger charge is 2.15. The summed E-state index contributed by atoms with van der Waals surface area (Å²) in [7, 11) is 0. The molecule has 1 fully saturated rings. The van der Waals surface area contributed by atoms with Crippen molar-refractivity contribution >= 4 is 11.3 Å². The molecule has 1 saturated heterocycles. The van der Waals surface area contributed by atoms with Crippen molar-refractivity contribution in [3.05, 3.63) is 16.1 Å². The zero-order valence-corrected chi connectivity index (χ0v) is 10.0. The first kappa shape index (κ1) is 11.0. The number of nitrogens with one attached hydrogen (secondary N) is 1. The van der Waals surface area contributed by atoms with Gasteiger partial charge < -0.3 is 4.74 Å². The van der Waals surface area contributed by atoms with Gasteiger partial charge in [0.15, 0.2) is 0 Å². The van der Waals surface area contributed by atoms with Crippen molar-refractivity contribution in [3.63, 3.8) is 0 Å². The van der Waals surface area contributed by atoms with Crippen LogP contribution in [0.2, 0.25) is 0 Å². The Morgan fingerprint density at radius 2 is 2.27 bits per heavy atom. The molecule has 2 rings (SSSR count). The maximum Gasteiger partial charge on any atom is 0.111 e. The highest BCUT2D eigenvalue weighted by Crippen LogP contribution is 2.17. The molecule has 1 unspecified atom stereocenters. The second-order valence-electron chi connectivity index (χ2n) is 3.78. The molecule has 0 saturated carbocycles. The zero-order valence-electron chi connectivity index (χ0n) is 9.19. The van der Waals surface area contributed by atoms with Crippen LogP contribution in [0.5, 0.6) is 0 Å². The monoisotopic (exact) mass is 227 g/mol. The Hall–Kier alpha value is -0.490. The summed E-state index contributed by atoms with van der Waals surface area (Å²) >= 11 is 1.71. The summed E-state index contributed by atoms with van der Waals surface area (Å²) in [6.07, 6.45) is 0. The molecule has 0 bridgehead atoms. The second kappa shape index (κ2) is 5.03. The van der Waals surface area contributed by atoms with Gasteiger partial charge in [0.2, 0.25) is 0 Å². The van der Waals surface area contributed by atoms with Crippen molar-refractivity contribution in [2.75, 3.05) is 26.3 Å². The van der Waals surface area contributed by atoms with Crippen LogP contribution in [0.15, 0.2) is 5.38 Å². The lowest BCUT2D eigenvalue weighted by Gasteiger charge is -2.29. The van der Waals surface area contributed by atoms with Gasteiger partial charge in [-0.15, -0.1) is 11.3 Å². The van der Waals surface area contributed by atoms with E-state index in [0.717, 1.165) is 37.0 Å². The second-order valence-corrected chi connectivity index (χ2v) is 4.67. The van der Waals surface area contributed by atoms with E-state index in [1.165, 1.54) is 0 Å². The Kier molecular flexibility index (Phi) is 3.69. The first-order valence-corrected chi connectivity index (χ1v) is 6.14. The molecule has 1 aromatic rings. The van der Waals surface area contributed by atoms with Gasteiger partial charge in [0.25, 0.3) is 0 Å². The molecule has 0 aliphatic carbocycles. The van der Waals surface area contributed by atoms with Gasteiger partial charge in [0.05, 0.1) is 19.3 Å². The molecule has 1 aliphatic rings. The largest absolute Gasteiger partial charge is 0.379 e. The minimum absolute atomic E-state index is 0.293. The third kappa shape index (κ3) is 2.98. The fourth-order valence-corrected chi connectivity index (χ4v) is 2.39. The van der Waals surface area contributed by atoms with Crippen LogP contribution in [0.1, 0.15) is 23.7 Å². The highest BCUT2D eigenvalue weighted by atomic mass is 32.1. The number of hydrazine groups is 1. The average Bonchev–Trinajstić information content (AvgIpc) is 2.66. The SMILES string of the molecule is Cc1csc(C(C)NN2CCOCC2)n1. The van der Waals surface area contributed by atoms with E-state index in [1.54, 1.807) is 11.3 Å². The molecule has 4 nitrogen and oxygen atoms in total. The number of rotatable bonds is 3. The van der Waals surface area contributed by atoms with E-state index in [0.29, 0.717) is 6.04 Å². The third-order valence-electron chi connectivity index (χ3n) is 2.39. The van der Waals surface area contributed by atoms with E-state index >= 15 is 0 Å². The molecule has 15 heavy (non-hydrogen) atoms. The van der Waals surface area contributed by atoms with Crippen molar-refractivity contribution in [3.8, 4) is 0 Å². The Bertz CT molecular complexity index is 309. The van der Waals surface area contributed by atoms with E-state index in [4.69, 9.17) is 4.74 Å². The molecule has 0 aromatic carbocycles. The molecule has 1 atom stereocenters.